The standard InChI is InChI=1S/C92H100B3N3O3/c1-85(2,3)53-25-33-61(34-26-53)96-70-51-71-65(49-64(70)93-67-41-56(88(10,11)12)31-39-76(67)99-79-46-58(90(16,17)18)43-73(96)82(79)93)95-69-50-66-72(52-78(69)101-81-48-60(92(22,23)24)44-74(84(81)95)97(71)62-35-27-54(28-36-62)86(4,5)6)98(63-37-29-55(30-38-63)87(7,8)9)75-45-59(91(19,20)21)47-80-83(75)94(66)68-42-57(89(13,14)15)32-40-77(68)100-80/h25-52H,1-24H3. The van der Waals surface area contributed by atoms with E-state index in [1.165, 1.54) is 88.2 Å². The molecule has 0 saturated heterocycles. The molecule has 10 aromatic carbocycles. The molecule has 6 aliphatic heterocycles. The lowest BCUT2D eigenvalue weighted by atomic mass is 9.29. The van der Waals surface area contributed by atoms with Crippen LogP contribution in [0.3, 0.4) is 0 Å². The molecule has 0 aliphatic carbocycles. The Morgan fingerprint density at radius 2 is 0.446 bits per heavy atom. The van der Waals surface area contributed by atoms with Crippen LogP contribution in [-0.4, -0.2) is 20.1 Å². The number of rotatable bonds is 3. The highest BCUT2D eigenvalue weighted by Crippen LogP contribution is 2.51. The van der Waals surface area contributed by atoms with Gasteiger partial charge in [0.1, 0.15) is 34.5 Å². The number of fused-ring (bicyclic) bond motifs is 12. The molecular weight excluding hydrogens is 1230 g/mol. The van der Waals surface area contributed by atoms with Crippen LogP contribution in [0, 0.1) is 0 Å². The summed E-state index contributed by atoms with van der Waals surface area (Å²) >= 11 is 0. The largest absolute Gasteiger partial charge is 0.458 e. The maximum Gasteiger partial charge on any atom is 0.256 e. The second kappa shape index (κ2) is 21.9. The maximum atomic E-state index is 7.90. The molecule has 6 aliphatic rings. The van der Waals surface area contributed by atoms with Crippen molar-refractivity contribution in [3.63, 3.8) is 0 Å². The SMILES string of the molecule is CC(C)(C)c1ccc(N2c3cc4c(cc3B3c5cc(C(C)(C)C)ccc5Oc5cc(C(C)(C)C)cc2c53)B2c3cc5c(cc3N(c3ccc(C(C)(C)C)cc3)c3cc(C(C)(C)C)cc(c32)O4)N(c2ccc(C(C)(C)C)cc2)c2cc(C(C)(C)C)cc3c2B5c2cc(C(C)(C)C)ccc2O3)cc1. The summed E-state index contributed by atoms with van der Waals surface area (Å²) in [6, 6.07) is 67.0. The zero-order chi connectivity index (χ0) is 71.9. The molecule has 101 heavy (non-hydrogen) atoms. The van der Waals surface area contributed by atoms with Crippen LogP contribution in [0.15, 0.2) is 170 Å². The molecule has 0 spiro atoms. The summed E-state index contributed by atoms with van der Waals surface area (Å²) in [6.45, 7) is 55.1. The van der Waals surface area contributed by atoms with E-state index in [0.29, 0.717) is 0 Å². The summed E-state index contributed by atoms with van der Waals surface area (Å²) < 4.78 is 22.7. The van der Waals surface area contributed by atoms with E-state index in [-0.39, 0.29) is 63.5 Å². The zero-order valence-electron chi connectivity index (χ0n) is 64.5. The molecule has 0 radical (unpaired) electrons. The third-order valence-electron chi connectivity index (χ3n) is 22.9. The van der Waals surface area contributed by atoms with Crippen molar-refractivity contribution in [2.45, 2.75) is 209 Å². The number of nitrogens with zero attached hydrogens (tertiary/aromatic N) is 3. The molecule has 9 heteroatoms. The number of ether oxygens (including phenoxy) is 3. The van der Waals surface area contributed by atoms with Crippen molar-refractivity contribution in [1.29, 1.82) is 0 Å². The molecule has 6 heterocycles. The molecule has 0 unspecified atom stereocenters. The van der Waals surface area contributed by atoms with Gasteiger partial charge >= 0.3 is 0 Å². The van der Waals surface area contributed by atoms with Crippen molar-refractivity contribution < 1.29 is 14.2 Å². The normalized spacial score (nSPS) is 15.0. The van der Waals surface area contributed by atoms with Gasteiger partial charge in [0.25, 0.3) is 20.1 Å². The second-order valence-corrected chi connectivity index (χ2v) is 38.4. The molecule has 16 rings (SSSR count). The van der Waals surface area contributed by atoms with Gasteiger partial charge in [0.2, 0.25) is 0 Å². The Balaban J connectivity index is 1.04. The summed E-state index contributed by atoms with van der Waals surface area (Å²) in [7, 11) is 0. The van der Waals surface area contributed by atoms with E-state index in [2.05, 4.69) is 351 Å². The highest BCUT2D eigenvalue weighted by Gasteiger charge is 2.51. The van der Waals surface area contributed by atoms with Crippen LogP contribution in [0.25, 0.3) is 0 Å². The summed E-state index contributed by atoms with van der Waals surface area (Å²) in [5.41, 5.74) is 30.0. The second-order valence-electron chi connectivity index (χ2n) is 38.4. The van der Waals surface area contributed by atoms with Crippen molar-refractivity contribution in [1.82, 2.24) is 0 Å². The molecule has 0 saturated carbocycles. The van der Waals surface area contributed by atoms with E-state index in [9.17, 15) is 0 Å². The average Bonchev–Trinajstić information content (AvgIpc) is 0.688. The lowest BCUT2D eigenvalue weighted by Gasteiger charge is -2.46. The van der Waals surface area contributed by atoms with Crippen molar-refractivity contribution in [3.8, 4) is 34.5 Å². The van der Waals surface area contributed by atoms with Crippen molar-refractivity contribution in [2.75, 3.05) is 14.7 Å². The number of benzene rings is 10. The Morgan fingerprint density at radius 3 is 0.733 bits per heavy atom. The van der Waals surface area contributed by atoms with Crippen LogP contribution in [0.5, 0.6) is 34.5 Å². The van der Waals surface area contributed by atoms with Crippen LogP contribution < -0.4 is 78.1 Å². The van der Waals surface area contributed by atoms with Gasteiger partial charge in [-0.05, 0) is 228 Å². The lowest BCUT2D eigenvalue weighted by Crippen LogP contribution is -2.65. The minimum atomic E-state index is -0.277. The fourth-order valence-corrected chi connectivity index (χ4v) is 16.6. The van der Waals surface area contributed by atoms with E-state index >= 15 is 0 Å². The predicted octanol–water partition coefficient (Wildman–Crippen LogP) is 19.3. The summed E-state index contributed by atoms with van der Waals surface area (Å²) in [4.78, 5) is 7.73. The third-order valence-corrected chi connectivity index (χ3v) is 22.9. The predicted molar refractivity (Wildman–Crippen MR) is 434 cm³/mol. The first kappa shape index (κ1) is 66.7. The first-order valence-corrected chi connectivity index (χ1v) is 37.0. The van der Waals surface area contributed by atoms with Gasteiger partial charge in [0.05, 0.1) is 0 Å². The monoisotopic (exact) mass is 1330 g/mol. The molecule has 0 amide bonds. The zero-order valence-corrected chi connectivity index (χ0v) is 64.5. The van der Waals surface area contributed by atoms with Crippen LogP contribution in [-0.2, 0) is 43.3 Å². The van der Waals surface area contributed by atoms with Gasteiger partial charge in [-0.25, -0.2) is 0 Å². The fraction of sp³-hybridized carbons (Fsp3) is 0.348. The van der Waals surface area contributed by atoms with E-state index in [1.807, 2.05) is 0 Å². The minimum Gasteiger partial charge on any atom is -0.458 e. The molecule has 6 nitrogen and oxygen atoms in total. The van der Waals surface area contributed by atoms with E-state index in [1.54, 1.807) is 0 Å². The summed E-state index contributed by atoms with van der Waals surface area (Å²) in [5.74, 6) is 5.38. The number of hydrogen-bond donors (Lipinski definition) is 0. The highest BCUT2D eigenvalue weighted by atomic mass is 16.5. The van der Waals surface area contributed by atoms with Crippen LogP contribution in [0.4, 0.5) is 51.2 Å². The number of anilines is 9. The van der Waals surface area contributed by atoms with E-state index < -0.39 is 0 Å². The Morgan fingerprint density at radius 1 is 0.198 bits per heavy atom. The molecule has 0 bridgehead atoms. The third kappa shape index (κ3) is 10.8. The van der Waals surface area contributed by atoms with Gasteiger partial charge in [-0.3, -0.25) is 0 Å². The van der Waals surface area contributed by atoms with Gasteiger partial charge in [-0.15, -0.1) is 0 Å². The Labute approximate surface area is 604 Å². The molecule has 0 fully saturated rings. The van der Waals surface area contributed by atoms with Gasteiger partial charge in [0.15, 0.2) is 0 Å². The first-order chi connectivity index (χ1) is 47.1. The summed E-state index contributed by atoms with van der Waals surface area (Å²) in [6.07, 6.45) is 0. The van der Waals surface area contributed by atoms with Crippen LogP contribution >= 0.6 is 0 Å². The van der Waals surface area contributed by atoms with Crippen molar-refractivity contribution in [3.05, 3.63) is 214 Å². The van der Waals surface area contributed by atoms with E-state index in [4.69, 9.17) is 14.2 Å². The van der Waals surface area contributed by atoms with Gasteiger partial charge in [0, 0.05) is 57.3 Å². The molecule has 10 aromatic rings. The first-order valence-electron chi connectivity index (χ1n) is 37.0. The maximum absolute atomic E-state index is 7.90. The summed E-state index contributed by atoms with van der Waals surface area (Å²) in [5, 5.41) is 0. The fourth-order valence-electron chi connectivity index (χ4n) is 16.6. The number of hydrogen-bond acceptors (Lipinski definition) is 6. The average molecular weight is 1330 g/mol. The quantitative estimate of drug-likeness (QED) is 0.164. The van der Waals surface area contributed by atoms with Crippen molar-refractivity contribution in [2.24, 2.45) is 0 Å². The minimum absolute atomic E-state index is 0.0376. The van der Waals surface area contributed by atoms with Gasteiger partial charge in [-0.2, -0.15) is 0 Å². The Kier molecular flexibility index (Phi) is 14.4. The topological polar surface area (TPSA) is 37.4 Å². The molecular formula is C92H100B3N3O3. The molecule has 0 N–H and O–H groups in total. The Hall–Kier alpha value is -8.81. The van der Waals surface area contributed by atoms with Crippen molar-refractivity contribution >= 4 is 120 Å². The lowest BCUT2D eigenvalue weighted by molar-refractivity contribution is 0.482. The van der Waals surface area contributed by atoms with Crippen LogP contribution in [0.1, 0.15) is 211 Å². The van der Waals surface area contributed by atoms with Crippen LogP contribution in [0.2, 0.25) is 0 Å². The van der Waals surface area contributed by atoms with Gasteiger partial charge < -0.3 is 28.9 Å². The molecule has 0 aromatic heterocycles. The molecule has 0 atom stereocenters. The van der Waals surface area contributed by atoms with E-state index in [0.717, 1.165) is 91.1 Å². The van der Waals surface area contributed by atoms with Gasteiger partial charge in [-0.1, -0.05) is 239 Å². The smallest absolute Gasteiger partial charge is 0.256 e. The molecule has 510 valence electrons. The highest BCUT2D eigenvalue weighted by molar-refractivity contribution is 7.03. The Bertz CT molecular complexity index is 5120.